The van der Waals surface area contributed by atoms with Crippen LogP contribution in [0.2, 0.25) is 5.02 Å². The van der Waals surface area contributed by atoms with E-state index in [4.69, 9.17) is 21.1 Å². The third-order valence-electron chi connectivity index (χ3n) is 2.10. The monoisotopic (exact) mass is 254 g/mol. The summed E-state index contributed by atoms with van der Waals surface area (Å²) in [4.78, 5) is 11.3. The van der Waals surface area contributed by atoms with E-state index < -0.39 is 5.97 Å². The van der Waals surface area contributed by atoms with Crippen LogP contribution in [0, 0.1) is 6.92 Å². The number of ether oxygens (including phenoxy) is 2. The normalized spacial score (nSPS) is 9.82. The Balaban J connectivity index is 2.56. The van der Waals surface area contributed by atoms with E-state index in [0.717, 1.165) is 5.56 Å². The van der Waals surface area contributed by atoms with Crippen molar-refractivity contribution in [3.8, 4) is 5.75 Å². The second kappa shape index (κ2) is 6.30. The average molecular weight is 255 g/mol. The lowest BCUT2D eigenvalue weighted by molar-refractivity contribution is -0.138. The van der Waals surface area contributed by atoms with Crippen LogP contribution in [-0.4, -0.2) is 19.2 Å². The molecule has 0 spiro atoms. The first kappa shape index (κ1) is 13.6. The quantitative estimate of drug-likeness (QED) is 0.598. The Labute approximate surface area is 106 Å². The van der Waals surface area contributed by atoms with Crippen LogP contribution in [0.15, 0.2) is 30.4 Å². The van der Waals surface area contributed by atoms with Gasteiger partial charge in [-0.05, 0) is 37.6 Å². The maximum atomic E-state index is 11.3. The van der Waals surface area contributed by atoms with Crippen molar-refractivity contribution in [2.45, 2.75) is 13.8 Å². The van der Waals surface area contributed by atoms with Crippen LogP contribution in [0.1, 0.15) is 12.5 Å². The van der Waals surface area contributed by atoms with E-state index in [9.17, 15) is 4.79 Å². The minimum absolute atomic E-state index is 0.112. The van der Waals surface area contributed by atoms with Crippen molar-refractivity contribution in [2.24, 2.45) is 0 Å². The lowest BCUT2D eigenvalue weighted by Crippen LogP contribution is -2.13. The molecule has 3 nitrogen and oxygen atoms in total. The molecule has 0 bridgehead atoms. The van der Waals surface area contributed by atoms with E-state index in [1.54, 1.807) is 25.1 Å². The minimum Gasteiger partial charge on any atom is -0.488 e. The molecule has 17 heavy (non-hydrogen) atoms. The largest absolute Gasteiger partial charge is 0.488 e. The highest BCUT2D eigenvalue weighted by Crippen LogP contribution is 2.22. The fourth-order valence-corrected chi connectivity index (χ4v) is 1.46. The van der Waals surface area contributed by atoms with Gasteiger partial charge in [0.15, 0.2) is 0 Å². The van der Waals surface area contributed by atoms with Gasteiger partial charge in [0.2, 0.25) is 0 Å². The molecule has 0 saturated heterocycles. The number of aryl methyl sites for hydroxylation is 1. The Morgan fingerprint density at radius 2 is 2.18 bits per heavy atom. The SMILES string of the molecule is C=C(COc1ccc(Cl)cc1C)C(=O)OCC. The molecule has 0 amide bonds. The fraction of sp³-hybridized carbons (Fsp3) is 0.308. The standard InChI is InChI=1S/C13H15ClO3/c1-4-16-13(15)10(3)8-17-12-6-5-11(14)7-9(12)2/h5-7H,3-4,8H2,1-2H3. The minimum atomic E-state index is -0.431. The second-order valence-corrected chi connectivity index (χ2v) is 3.96. The zero-order valence-electron chi connectivity index (χ0n) is 9.96. The predicted octanol–water partition coefficient (Wildman–Crippen LogP) is 3.15. The first-order chi connectivity index (χ1) is 8.04. The summed E-state index contributed by atoms with van der Waals surface area (Å²) >= 11 is 5.82. The van der Waals surface area contributed by atoms with E-state index in [1.807, 2.05) is 6.92 Å². The highest BCUT2D eigenvalue weighted by Gasteiger charge is 2.09. The van der Waals surface area contributed by atoms with Gasteiger partial charge in [-0.1, -0.05) is 18.2 Å². The summed E-state index contributed by atoms with van der Waals surface area (Å²) in [5.41, 5.74) is 1.20. The van der Waals surface area contributed by atoms with Gasteiger partial charge in [0.1, 0.15) is 12.4 Å². The first-order valence-corrected chi connectivity index (χ1v) is 5.66. The molecule has 0 aliphatic heterocycles. The number of rotatable bonds is 5. The van der Waals surface area contributed by atoms with Gasteiger partial charge in [0.25, 0.3) is 0 Å². The summed E-state index contributed by atoms with van der Waals surface area (Å²) in [6.45, 7) is 7.68. The van der Waals surface area contributed by atoms with E-state index in [2.05, 4.69) is 6.58 Å². The predicted molar refractivity (Wildman–Crippen MR) is 67.5 cm³/mol. The van der Waals surface area contributed by atoms with Crippen LogP contribution in [-0.2, 0) is 9.53 Å². The van der Waals surface area contributed by atoms with Crippen LogP contribution in [0.4, 0.5) is 0 Å². The van der Waals surface area contributed by atoms with Crippen LogP contribution in [0.25, 0.3) is 0 Å². The summed E-state index contributed by atoms with van der Waals surface area (Å²) in [6.07, 6.45) is 0. The van der Waals surface area contributed by atoms with Gasteiger partial charge >= 0.3 is 5.97 Å². The molecule has 0 aliphatic carbocycles. The van der Waals surface area contributed by atoms with Gasteiger partial charge in [0.05, 0.1) is 12.2 Å². The second-order valence-electron chi connectivity index (χ2n) is 3.52. The molecule has 0 unspecified atom stereocenters. The molecular weight excluding hydrogens is 240 g/mol. The lowest BCUT2D eigenvalue weighted by Gasteiger charge is -2.10. The van der Waals surface area contributed by atoms with Crippen LogP contribution in [0.3, 0.4) is 0 Å². The number of halogens is 1. The van der Waals surface area contributed by atoms with Crippen LogP contribution >= 0.6 is 11.6 Å². The van der Waals surface area contributed by atoms with Gasteiger partial charge in [-0.3, -0.25) is 0 Å². The molecule has 4 heteroatoms. The Bertz CT molecular complexity index is 427. The third-order valence-corrected chi connectivity index (χ3v) is 2.34. The molecule has 1 rings (SSSR count). The Hall–Kier alpha value is -1.48. The zero-order chi connectivity index (χ0) is 12.8. The molecular formula is C13H15ClO3. The van der Waals surface area contributed by atoms with Crippen LogP contribution in [0.5, 0.6) is 5.75 Å². The fourth-order valence-electron chi connectivity index (χ4n) is 1.23. The molecule has 92 valence electrons. The number of benzene rings is 1. The molecule has 0 atom stereocenters. The molecule has 1 aromatic rings. The first-order valence-electron chi connectivity index (χ1n) is 5.28. The topological polar surface area (TPSA) is 35.5 Å². The van der Waals surface area contributed by atoms with Gasteiger partial charge in [-0.2, -0.15) is 0 Å². The number of carbonyl (C=O) groups is 1. The zero-order valence-corrected chi connectivity index (χ0v) is 10.7. The highest BCUT2D eigenvalue weighted by atomic mass is 35.5. The van der Waals surface area contributed by atoms with Crippen molar-refractivity contribution in [1.82, 2.24) is 0 Å². The van der Waals surface area contributed by atoms with E-state index >= 15 is 0 Å². The summed E-state index contributed by atoms with van der Waals surface area (Å²) in [5.74, 6) is 0.249. The average Bonchev–Trinajstić information content (AvgIpc) is 2.27. The van der Waals surface area contributed by atoms with E-state index in [-0.39, 0.29) is 6.61 Å². The highest BCUT2D eigenvalue weighted by molar-refractivity contribution is 6.30. The number of esters is 1. The van der Waals surface area contributed by atoms with Crippen molar-refractivity contribution < 1.29 is 14.3 Å². The smallest absolute Gasteiger partial charge is 0.336 e. The van der Waals surface area contributed by atoms with Gasteiger partial charge in [-0.15, -0.1) is 0 Å². The van der Waals surface area contributed by atoms with Gasteiger partial charge < -0.3 is 9.47 Å². The van der Waals surface area contributed by atoms with Gasteiger partial charge in [-0.25, -0.2) is 4.79 Å². The molecule has 1 aromatic carbocycles. The molecule has 0 aliphatic rings. The van der Waals surface area contributed by atoms with Crippen molar-refractivity contribution >= 4 is 17.6 Å². The molecule has 0 saturated carbocycles. The van der Waals surface area contributed by atoms with E-state index in [1.165, 1.54) is 0 Å². The Kier molecular flexibility index (Phi) is 5.04. The van der Waals surface area contributed by atoms with Crippen molar-refractivity contribution in [3.05, 3.63) is 40.9 Å². The Morgan fingerprint density at radius 3 is 2.76 bits per heavy atom. The third kappa shape index (κ3) is 4.11. The molecule has 0 fully saturated rings. The van der Waals surface area contributed by atoms with Crippen molar-refractivity contribution in [3.63, 3.8) is 0 Å². The number of hydrogen-bond donors (Lipinski definition) is 0. The number of hydrogen-bond acceptors (Lipinski definition) is 3. The summed E-state index contributed by atoms with van der Waals surface area (Å²) in [6, 6.07) is 5.29. The Morgan fingerprint density at radius 1 is 1.47 bits per heavy atom. The van der Waals surface area contributed by atoms with E-state index in [0.29, 0.717) is 23.0 Å². The maximum Gasteiger partial charge on any atom is 0.336 e. The molecule has 0 heterocycles. The van der Waals surface area contributed by atoms with Crippen LogP contribution < -0.4 is 4.74 Å². The lowest BCUT2D eigenvalue weighted by atomic mass is 10.2. The molecule has 0 aromatic heterocycles. The summed E-state index contributed by atoms with van der Waals surface area (Å²) in [7, 11) is 0. The number of carbonyl (C=O) groups excluding carboxylic acids is 1. The summed E-state index contributed by atoms with van der Waals surface area (Å²) in [5, 5.41) is 0.652. The molecule has 0 N–H and O–H groups in total. The van der Waals surface area contributed by atoms with Crippen molar-refractivity contribution in [2.75, 3.05) is 13.2 Å². The maximum absolute atomic E-state index is 11.3. The molecule has 0 radical (unpaired) electrons. The van der Waals surface area contributed by atoms with Gasteiger partial charge in [0, 0.05) is 5.02 Å². The van der Waals surface area contributed by atoms with Crippen molar-refractivity contribution in [1.29, 1.82) is 0 Å². The summed E-state index contributed by atoms with van der Waals surface area (Å²) < 4.78 is 10.3.